The lowest BCUT2D eigenvalue weighted by Crippen LogP contribution is -2.10. The fraction of sp³-hybridized carbons (Fsp3) is 0. The van der Waals surface area contributed by atoms with Gasteiger partial charge in [-0.2, -0.15) is 0 Å². The molecule has 12 rings (SSSR count). The van der Waals surface area contributed by atoms with Gasteiger partial charge in [-0.05, 0) is 53.9 Å². The molecule has 12 aromatic rings. The second-order valence-corrected chi connectivity index (χ2v) is 13.3. The lowest BCUT2D eigenvalue weighted by atomic mass is 9.97. The second-order valence-electron chi connectivity index (χ2n) is 13.3. The molecular formula is C46H27N3. The third kappa shape index (κ3) is 3.09. The average Bonchev–Trinajstić information content (AvgIpc) is 3.90. The van der Waals surface area contributed by atoms with E-state index in [1.165, 1.54) is 87.0 Å². The molecule has 3 heteroatoms. The number of hydrogen-bond acceptors (Lipinski definition) is 1. The Balaban J connectivity index is 1.29. The van der Waals surface area contributed by atoms with E-state index in [0.717, 1.165) is 17.1 Å². The molecule has 3 nitrogen and oxygen atoms in total. The summed E-state index contributed by atoms with van der Waals surface area (Å²) in [6, 6.07) is 60.1. The molecule has 4 aromatic heterocycles. The Labute approximate surface area is 280 Å². The summed E-state index contributed by atoms with van der Waals surface area (Å²) in [4.78, 5) is 2.40. The van der Waals surface area contributed by atoms with E-state index in [4.69, 9.17) is 0 Å². The van der Waals surface area contributed by atoms with Crippen molar-refractivity contribution in [1.82, 2.24) is 8.80 Å². The zero-order valence-corrected chi connectivity index (χ0v) is 26.4. The average molecular weight is 622 g/mol. The molecule has 0 atom stereocenters. The third-order valence-electron chi connectivity index (χ3n) is 10.9. The molecule has 0 fully saturated rings. The van der Waals surface area contributed by atoms with Gasteiger partial charge in [-0.1, -0.05) is 115 Å². The van der Waals surface area contributed by atoms with Crippen LogP contribution in [0.25, 0.3) is 87.0 Å². The summed E-state index contributed by atoms with van der Waals surface area (Å²) in [7, 11) is 0. The van der Waals surface area contributed by atoms with Crippen LogP contribution in [0, 0.1) is 0 Å². The molecule has 0 bridgehead atoms. The number of nitrogens with zero attached hydrogens (tertiary/aromatic N) is 3. The number of aromatic nitrogens is 2. The monoisotopic (exact) mass is 621 g/mol. The van der Waals surface area contributed by atoms with E-state index < -0.39 is 0 Å². The summed E-state index contributed by atoms with van der Waals surface area (Å²) >= 11 is 0. The van der Waals surface area contributed by atoms with E-state index in [2.05, 4.69) is 177 Å². The van der Waals surface area contributed by atoms with E-state index in [0.29, 0.717) is 0 Å². The summed E-state index contributed by atoms with van der Waals surface area (Å²) in [6.07, 6.45) is 0. The van der Waals surface area contributed by atoms with Gasteiger partial charge < -0.3 is 13.7 Å². The van der Waals surface area contributed by atoms with E-state index in [9.17, 15) is 0 Å². The van der Waals surface area contributed by atoms with Crippen LogP contribution in [0.5, 0.6) is 0 Å². The minimum Gasteiger partial charge on any atom is -0.308 e. The first-order valence-corrected chi connectivity index (χ1v) is 17.0. The Morgan fingerprint density at radius 3 is 1.47 bits per heavy atom. The normalized spacial score (nSPS) is 12.5. The van der Waals surface area contributed by atoms with Gasteiger partial charge in [-0.3, -0.25) is 0 Å². The van der Waals surface area contributed by atoms with Gasteiger partial charge in [-0.15, -0.1) is 0 Å². The highest BCUT2D eigenvalue weighted by Crippen LogP contribution is 2.49. The number of hydrogen-bond donors (Lipinski definition) is 0. The van der Waals surface area contributed by atoms with E-state index >= 15 is 0 Å². The van der Waals surface area contributed by atoms with Crippen molar-refractivity contribution in [3.05, 3.63) is 164 Å². The fourth-order valence-electron chi connectivity index (χ4n) is 9.09. The highest BCUT2D eigenvalue weighted by Gasteiger charge is 2.25. The van der Waals surface area contributed by atoms with Crippen molar-refractivity contribution >= 4 is 104 Å². The molecule has 4 heterocycles. The van der Waals surface area contributed by atoms with Crippen LogP contribution in [0.1, 0.15) is 0 Å². The van der Waals surface area contributed by atoms with E-state index in [-0.39, 0.29) is 0 Å². The molecule has 0 unspecified atom stereocenters. The summed E-state index contributed by atoms with van der Waals surface area (Å²) in [6.45, 7) is 0. The number of fused-ring (bicyclic) bond motifs is 15. The maximum Gasteiger partial charge on any atom is 0.0782 e. The number of rotatable bonds is 3. The largest absolute Gasteiger partial charge is 0.308 e. The van der Waals surface area contributed by atoms with Gasteiger partial charge in [0.25, 0.3) is 0 Å². The fourth-order valence-corrected chi connectivity index (χ4v) is 9.09. The van der Waals surface area contributed by atoms with Crippen LogP contribution in [0.2, 0.25) is 0 Å². The first-order chi connectivity index (χ1) is 24.4. The summed E-state index contributed by atoms with van der Waals surface area (Å²) < 4.78 is 5.04. The van der Waals surface area contributed by atoms with Crippen LogP contribution in [-0.4, -0.2) is 8.80 Å². The van der Waals surface area contributed by atoms with Crippen molar-refractivity contribution < 1.29 is 0 Å². The zero-order valence-electron chi connectivity index (χ0n) is 26.4. The molecule has 0 radical (unpaired) electrons. The number of benzene rings is 8. The molecule has 0 aliphatic heterocycles. The quantitative estimate of drug-likeness (QED) is 0.191. The lowest BCUT2D eigenvalue weighted by molar-refractivity contribution is 1.27. The Hall–Kier alpha value is -6.58. The molecule has 0 aliphatic carbocycles. The topological polar surface area (TPSA) is 12.1 Å². The SMILES string of the molecule is c1ccc(N(c2ccccc2)c2cccc3c4cccc5c6c7c(ccc8c7c7cccc9c%10ccccc%10n8c97)ccc6n(c23)c45)cc1. The van der Waals surface area contributed by atoms with Gasteiger partial charge in [0, 0.05) is 59.9 Å². The standard InChI is InChI=1S/C46H27N3/c1-3-12-29(13-4-1)47(30-14-5-2-6-15-30)40-23-11-19-34-33-18-10-21-36-43-39(49(45(33)36)46(34)40)27-25-28-24-26-38-42(41(28)43)35-20-9-17-32-31-16-7-8-22-37(31)48(38)44(32)35/h1-27H. The lowest BCUT2D eigenvalue weighted by Gasteiger charge is -2.26. The van der Waals surface area contributed by atoms with Crippen LogP contribution in [0.4, 0.5) is 17.1 Å². The first kappa shape index (κ1) is 25.5. The van der Waals surface area contributed by atoms with E-state index in [1.807, 2.05) is 0 Å². The van der Waals surface area contributed by atoms with Gasteiger partial charge in [0.2, 0.25) is 0 Å². The van der Waals surface area contributed by atoms with Crippen LogP contribution < -0.4 is 4.90 Å². The molecule has 0 aliphatic rings. The molecule has 8 aromatic carbocycles. The minimum absolute atomic E-state index is 1.14. The Morgan fingerprint density at radius 2 is 0.796 bits per heavy atom. The number of para-hydroxylation sites is 6. The molecule has 49 heavy (non-hydrogen) atoms. The minimum atomic E-state index is 1.14. The predicted molar refractivity (Wildman–Crippen MR) is 208 cm³/mol. The van der Waals surface area contributed by atoms with Crippen molar-refractivity contribution in [2.24, 2.45) is 0 Å². The molecule has 0 saturated heterocycles. The van der Waals surface area contributed by atoms with Crippen LogP contribution in [0.3, 0.4) is 0 Å². The van der Waals surface area contributed by atoms with Gasteiger partial charge in [0.1, 0.15) is 0 Å². The summed E-state index contributed by atoms with van der Waals surface area (Å²) in [5.74, 6) is 0. The molecule has 0 spiro atoms. The van der Waals surface area contributed by atoms with Crippen molar-refractivity contribution in [2.75, 3.05) is 4.90 Å². The van der Waals surface area contributed by atoms with Crippen molar-refractivity contribution in [3.8, 4) is 0 Å². The molecule has 0 amide bonds. The van der Waals surface area contributed by atoms with E-state index in [1.54, 1.807) is 0 Å². The maximum absolute atomic E-state index is 2.55. The van der Waals surface area contributed by atoms with Crippen molar-refractivity contribution in [1.29, 1.82) is 0 Å². The predicted octanol–water partition coefficient (Wildman–Crippen LogP) is 12.6. The van der Waals surface area contributed by atoms with Crippen LogP contribution >= 0.6 is 0 Å². The van der Waals surface area contributed by atoms with Gasteiger partial charge in [0.15, 0.2) is 0 Å². The van der Waals surface area contributed by atoms with Crippen molar-refractivity contribution in [2.45, 2.75) is 0 Å². The summed E-state index contributed by atoms with van der Waals surface area (Å²) in [5, 5.41) is 13.1. The Morgan fingerprint density at radius 1 is 0.306 bits per heavy atom. The summed E-state index contributed by atoms with van der Waals surface area (Å²) in [5.41, 5.74) is 11.0. The molecule has 226 valence electrons. The molecular weight excluding hydrogens is 595 g/mol. The maximum atomic E-state index is 2.55. The smallest absolute Gasteiger partial charge is 0.0782 e. The zero-order chi connectivity index (χ0) is 31.8. The Kier molecular flexibility index (Phi) is 4.72. The van der Waals surface area contributed by atoms with Crippen LogP contribution in [-0.2, 0) is 0 Å². The molecule has 0 saturated carbocycles. The highest BCUT2D eigenvalue weighted by molar-refractivity contribution is 6.37. The highest BCUT2D eigenvalue weighted by atomic mass is 15.2. The second kappa shape index (κ2) is 9.06. The van der Waals surface area contributed by atoms with Crippen molar-refractivity contribution in [3.63, 3.8) is 0 Å². The first-order valence-electron chi connectivity index (χ1n) is 17.0. The Bertz CT molecular complexity index is 3220. The van der Waals surface area contributed by atoms with Gasteiger partial charge in [0.05, 0.1) is 38.8 Å². The van der Waals surface area contributed by atoms with Gasteiger partial charge in [-0.25, -0.2) is 0 Å². The molecule has 0 N–H and O–H groups in total. The third-order valence-corrected chi connectivity index (χ3v) is 10.9. The number of anilines is 3. The van der Waals surface area contributed by atoms with Crippen LogP contribution in [0.15, 0.2) is 164 Å². The van der Waals surface area contributed by atoms with Gasteiger partial charge >= 0.3 is 0 Å².